The molecule has 1 aliphatic heterocycles. The molecule has 1 unspecified atom stereocenters. The van der Waals surface area contributed by atoms with Crippen molar-refractivity contribution in [1.82, 2.24) is 5.32 Å². The van der Waals surface area contributed by atoms with Crippen LogP contribution in [0.1, 0.15) is 28.8 Å². The third-order valence-corrected chi connectivity index (χ3v) is 8.45. The molecule has 0 bridgehead atoms. The molecule has 4 rings (SSSR count). The van der Waals surface area contributed by atoms with E-state index in [2.05, 4.69) is 5.32 Å². The third-order valence-electron chi connectivity index (χ3n) is 5.00. The molecular weight excluding hydrogens is 517 g/mol. The number of benzene rings is 2. The zero-order valence-corrected chi connectivity index (χ0v) is 19.7. The highest BCUT2D eigenvalue weighted by molar-refractivity contribution is 7.55. The summed E-state index contributed by atoms with van der Waals surface area (Å²) in [5, 5.41) is 5.10. The SMILES string of the molecule is O=C(N/C=C/c1cc(F)cc(C(F)(F)F)c1)C(c1csc2ccc(Cl)cc12)P1(=O)OCCCO1. The van der Waals surface area contributed by atoms with E-state index in [1.54, 1.807) is 23.6 Å². The summed E-state index contributed by atoms with van der Waals surface area (Å²) in [5.74, 6) is -1.83. The van der Waals surface area contributed by atoms with Gasteiger partial charge in [0.2, 0.25) is 5.91 Å². The van der Waals surface area contributed by atoms with Crippen LogP contribution in [0.2, 0.25) is 5.02 Å². The minimum Gasteiger partial charge on any atom is -0.332 e. The van der Waals surface area contributed by atoms with Crippen molar-refractivity contribution in [3.63, 3.8) is 0 Å². The summed E-state index contributed by atoms with van der Waals surface area (Å²) in [6.07, 6.45) is -2.05. The maximum atomic E-state index is 13.6. The number of rotatable bonds is 5. The summed E-state index contributed by atoms with van der Waals surface area (Å²) in [6, 6.07) is 7.10. The molecule has 2 aromatic carbocycles. The molecule has 1 aromatic heterocycles. The summed E-state index contributed by atoms with van der Waals surface area (Å²) in [5.41, 5.74) is -2.23. The fourth-order valence-corrected chi connectivity index (χ4v) is 6.78. The van der Waals surface area contributed by atoms with Gasteiger partial charge in [-0.2, -0.15) is 13.2 Å². The minimum atomic E-state index is -4.73. The van der Waals surface area contributed by atoms with Crippen LogP contribution in [0.3, 0.4) is 0 Å². The summed E-state index contributed by atoms with van der Waals surface area (Å²) in [6.45, 7) is 0.284. The standard InChI is InChI=1S/C22H17ClF4NO4PS/c23-15-2-3-19-17(11-15)18(12-34-19)20(33(30)31-6-1-7-32-33)21(29)28-5-4-13-8-14(22(25,26)27)10-16(24)9-13/h2-5,8-12,20H,1,6-7H2,(H,28,29)/b5-4+. The minimum absolute atomic E-state index is 0.117. The molecule has 0 saturated carbocycles. The van der Waals surface area contributed by atoms with E-state index in [0.717, 1.165) is 29.1 Å². The molecule has 180 valence electrons. The van der Waals surface area contributed by atoms with Gasteiger partial charge in [0.15, 0.2) is 5.66 Å². The summed E-state index contributed by atoms with van der Waals surface area (Å²) in [7, 11) is -3.93. The van der Waals surface area contributed by atoms with Gasteiger partial charge >= 0.3 is 13.8 Å². The van der Waals surface area contributed by atoms with E-state index in [1.165, 1.54) is 11.3 Å². The molecule has 1 aliphatic rings. The topological polar surface area (TPSA) is 64.6 Å². The molecule has 1 fully saturated rings. The van der Waals surface area contributed by atoms with Crippen LogP contribution in [-0.4, -0.2) is 19.1 Å². The molecule has 0 radical (unpaired) electrons. The Morgan fingerprint density at radius 2 is 1.91 bits per heavy atom. The zero-order chi connectivity index (χ0) is 24.5. The molecule has 1 saturated heterocycles. The summed E-state index contributed by atoms with van der Waals surface area (Å²) >= 11 is 7.43. The van der Waals surface area contributed by atoms with E-state index in [9.17, 15) is 26.9 Å². The van der Waals surface area contributed by atoms with Crippen molar-refractivity contribution in [1.29, 1.82) is 0 Å². The molecule has 5 nitrogen and oxygen atoms in total. The number of halogens is 5. The molecule has 34 heavy (non-hydrogen) atoms. The van der Waals surface area contributed by atoms with Crippen LogP contribution in [0.4, 0.5) is 17.6 Å². The van der Waals surface area contributed by atoms with Gasteiger partial charge in [-0.25, -0.2) is 4.39 Å². The first-order valence-corrected chi connectivity index (χ1v) is 12.8. The predicted octanol–water partition coefficient (Wildman–Crippen LogP) is 7.17. The molecule has 1 atom stereocenters. The number of carbonyl (C=O) groups is 1. The fourth-order valence-electron chi connectivity index (χ4n) is 3.49. The Hall–Kier alpha value is -2.23. The Morgan fingerprint density at radius 1 is 1.18 bits per heavy atom. The number of thiophene rings is 1. The van der Waals surface area contributed by atoms with E-state index in [4.69, 9.17) is 20.6 Å². The van der Waals surface area contributed by atoms with Crippen LogP contribution >= 0.6 is 30.5 Å². The van der Waals surface area contributed by atoms with Crippen molar-refractivity contribution in [2.24, 2.45) is 0 Å². The number of nitrogens with one attached hydrogen (secondary N) is 1. The fraction of sp³-hybridized carbons (Fsp3) is 0.227. The highest BCUT2D eigenvalue weighted by atomic mass is 35.5. The lowest BCUT2D eigenvalue weighted by atomic mass is 10.1. The Morgan fingerprint density at radius 3 is 2.62 bits per heavy atom. The second-order valence-corrected chi connectivity index (χ2v) is 10.9. The van der Waals surface area contributed by atoms with E-state index in [-0.39, 0.29) is 18.8 Å². The number of fused-ring (bicyclic) bond motifs is 1. The van der Waals surface area contributed by atoms with Crippen molar-refractivity contribution < 1.29 is 36.0 Å². The summed E-state index contributed by atoms with van der Waals surface area (Å²) < 4.78 is 77.6. The third kappa shape index (κ3) is 5.37. The molecule has 3 aromatic rings. The van der Waals surface area contributed by atoms with Crippen LogP contribution < -0.4 is 5.32 Å². The molecule has 12 heteroatoms. The van der Waals surface area contributed by atoms with Gasteiger partial charge in [-0.3, -0.25) is 9.36 Å². The van der Waals surface area contributed by atoms with Crippen LogP contribution in [0.25, 0.3) is 16.2 Å². The number of amides is 1. The van der Waals surface area contributed by atoms with Crippen molar-refractivity contribution >= 4 is 52.6 Å². The molecule has 2 heterocycles. The second-order valence-electron chi connectivity index (χ2n) is 7.41. The highest BCUT2D eigenvalue weighted by Crippen LogP contribution is 2.63. The van der Waals surface area contributed by atoms with Gasteiger partial charge in [0.1, 0.15) is 5.82 Å². The number of hydrogen-bond acceptors (Lipinski definition) is 5. The van der Waals surface area contributed by atoms with Crippen LogP contribution in [0.5, 0.6) is 0 Å². The number of carbonyl (C=O) groups excluding carboxylic acids is 1. The highest BCUT2D eigenvalue weighted by Gasteiger charge is 2.45. The lowest BCUT2D eigenvalue weighted by Crippen LogP contribution is -2.28. The largest absolute Gasteiger partial charge is 0.416 e. The van der Waals surface area contributed by atoms with Crippen molar-refractivity contribution in [2.45, 2.75) is 18.3 Å². The van der Waals surface area contributed by atoms with Crippen LogP contribution in [0, 0.1) is 5.82 Å². The molecule has 0 aliphatic carbocycles. The first-order chi connectivity index (χ1) is 16.1. The van der Waals surface area contributed by atoms with Crippen molar-refractivity contribution in [3.05, 3.63) is 75.5 Å². The molecule has 0 spiro atoms. The van der Waals surface area contributed by atoms with Crippen molar-refractivity contribution in [3.8, 4) is 0 Å². The van der Waals surface area contributed by atoms with Crippen LogP contribution in [-0.2, 0) is 24.6 Å². The first-order valence-electron chi connectivity index (χ1n) is 9.97. The lowest BCUT2D eigenvalue weighted by Gasteiger charge is -2.29. The number of alkyl halides is 3. The summed E-state index contributed by atoms with van der Waals surface area (Å²) in [4.78, 5) is 13.2. The average molecular weight is 534 g/mol. The maximum absolute atomic E-state index is 13.6. The van der Waals surface area contributed by atoms with E-state index in [0.29, 0.717) is 28.5 Å². The van der Waals surface area contributed by atoms with E-state index < -0.39 is 36.7 Å². The van der Waals surface area contributed by atoms with E-state index >= 15 is 0 Å². The van der Waals surface area contributed by atoms with Crippen LogP contribution in [0.15, 0.2) is 48.0 Å². The zero-order valence-electron chi connectivity index (χ0n) is 17.3. The van der Waals surface area contributed by atoms with Gasteiger partial charge in [-0.15, -0.1) is 11.3 Å². The molecule has 1 amide bonds. The Balaban J connectivity index is 1.65. The number of hydrogen-bond donors (Lipinski definition) is 1. The quantitative estimate of drug-likeness (QED) is 0.279. The Kier molecular flexibility index (Phi) is 7.17. The lowest BCUT2D eigenvalue weighted by molar-refractivity contribution is -0.137. The predicted molar refractivity (Wildman–Crippen MR) is 122 cm³/mol. The smallest absolute Gasteiger partial charge is 0.332 e. The Labute approximate surface area is 200 Å². The first kappa shape index (κ1) is 24.9. The second kappa shape index (κ2) is 9.79. The normalized spacial score (nSPS) is 17.2. The van der Waals surface area contributed by atoms with Gasteiger partial charge in [0, 0.05) is 15.9 Å². The maximum Gasteiger partial charge on any atom is 0.416 e. The van der Waals surface area contributed by atoms with Gasteiger partial charge < -0.3 is 14.4 Å². The Bertz CT molecular complexity index is 1300. The van der Waals surface area contributed by atoms with Crippen molar-refractivity contribution in [2.75, 3.05) is 13.2 Å². The van der Waals surface area contributed by atoms with Gasteiger partial charge in [0.05, 0.1) is 18.8 Å². The monoisotopic (exact) mass is 533 g/mol. The molecule has 1 N–H and O–H groups in total. The van der Waals surface area contributed by atoms with E-state index in [1.807, 2.05) is 0 Å². The molecular formula is C22H17ClF4NO4PS. The van der Waals surface area contributed by atoms with Gasteiger partial charge in [-0.05, 0) is 70.8 Å². The van der Waals surface area contributed by atoms with Gasteiger partial charge in [0.25, 0.3) is 0 Å². The van der Waals surface area contributed by atoms with Gasteiger partial charge in [-0.1, -0.05) is 11.6 Å². The average Bonchev–Trinajstić information content (AvgIpc) is 3.16.